The molecule has 0 spiro atoms. The maximum absolute atomic E-state index is 11.2. The van der Waals surface area contributed by atoms with E-state index in [1.54, 1.807) is 0 Å². The highest BCUT2D eigenvalue weighted by Crippen LogP contribution is 2.05. The Labute approximate surface area is 99.6 Å². The Balaban J connectivity index is 2.21. The van der Waals surface area contributed by atoms with Crippen molar-refractivity contribution in [1.29, 1.82) is 0 Å². The molecular formula is C12H16N2O3. The van der Waals surface area contributed by atoms with Gasteiger partial charge in [-0.1, -0.05) is 12.1 Å². The van der Waals surface area contributed by atoms with Gasteiger partial charge in [0.25, 0.3) is 0 Å². The number of hydrogen-bond donors (Lipinski definition) is 3. The van der Waals surface area contributed by atoms with Gasteiger partial charge in [-0.05, 0) is 24.1 Å². The predicted molar refractivity (Wildman–Crippen MR) is 64.4 cm³/mol. The van der Waals surface area contributed by atoms with Crippen LogP contribution in [0.15, 0.2) is 24.3 Å². The van der Waals surface area contributed by atoms with Crippen LogP contribution in [0.3, 0.4) is 0 Å². The molecule has 0 unspecified atom stereocenters. The molecule has 0 atom stereocenters. The van der Waals surface area contributed by atoms with E-state index in [0.29, 0.717) is 18.7 Å². The molecule has 92 valence electrons. The molecule has 0 saturated carbocycles. The van der Waals surface area contributed by atoms with Crippen molar-refractivity contribution in [3.05, 3.63) is 29.8 Å². The number of nitrogens with two attached hydrogens (primary N) is 1. The van der Waals surface area contributed by atoms with Crippen molar-refractivity contribution in [2.24, 2.45) is 0 Å². The molecule has 17 heavy (non-hydrogen) atoms. The molecule has 0 aromatic heterocycles. The molecule has 0 bridgehead atoms. The van der Waals surface area contributed by atoms with E-state index in [2.05, 4.69) is 5.32 Å². The van der Waals surface area contributed by atoms with E-state index >= 15 is 0 Å². The Bertz CT molecular complexity index is 387. The minimum atomic E-state index is -0.960. The molecule has 4 N–H and O–H groups in total. The number of nitrogens with one attached hydrogen (secondary N) is 1. The Morgan fingerprint density at radius 2 is 1.82 bits per heavy atom. The fourth-order valence-corrected chi connectivity index (χ4v) is 1.34. The van der Waals surface area contributed by atoms with E-state index in [1.807, 2.05) is 24.3 Å². The summed E-state index contributed by atoms with van der Waals surface area (Å²) in [4.78, 5) is 21.4. The van der Waals surface area contributed by atoms with Gasteiger partial charge in [0.05, 0.1) is 6.42 Å². The molecule has 0 heterocycles. The van der Waals surface area contributed by atoms with Crippen LogP contribution in [0.4, 0.5) is 5.69 Å². The summed E-state index contributed by atoms with van der Waals surface area (Å²) in [6.45, 7) is 0.502. The van der Waals surface area contributed by atoms with Crippen molar-refractivity contribution in [3.8, 4) is 0 Å². The highest BCUT2D eigenvalue weighted by atomic mass is 16.4. The second-order valence-corrected chi connectivity index (χ2v) is 3.74. The molecule has 5 heteroatoms. The SMILES string of the molecule is Nc1ccc(CCNC(=O)CCC(=O)O)cc1. The third-order valence-electron chi connectivity index (χ3n) is 2.28. The van der Waals surface area contributed by atoms with E-state index in [1.165, 1.54) is 0 Å². The van der Waals surface area contributed by atoms with Crippen LogP contribution in [0, 0.1) is 0 Å². The van der Waals surface area contributed by atoms with Crippen LogP contribution in [0.5, 0.6) is 0 Å². The number of carboxylic acids is 1. The van der Waals surface area contributed by atoms with Crippen molar-refractivity contribution in [2.75, 3.05) is 12.3 Å². The third-order valence-corrected chi connectivity index (χ3v) is 2.28. The van der Waals surface area contributed by atoms with E-state index in [9.17, 15) is 9.59 Å². The summed E-state index contributed by atoms with van der Waals surface area (Å²) in [6.07, 6.45) is 0.601. The van der Waals surface area contributed by atoms with E-state index in [0.717, 1.165) is 5.56 Å². The maximum Gasteiger partial charge on any atom is 0.303 e. The van der Waals surface area contributed by atoms with Gasteiger partial charge in [0.2, 0.25) is 5.91 Å². The fourth-order valence-electron chi connectivity index (χ4n) is 1.34. The summed E-state index contributed by atoms with van der Waals surface area (Å²) in [7, 11) is 0. The van der Waals surface area contributed by atoms with Crippen LogP contribution in [-0.4, -0.2) is 23.5 Å². The lowest BCUT2D eigenvalue weighted by Gasteiger charge is -2.04. The molecular weight excluding hydrogens is 220 g/mol. The Morgan fingerprint density at radius 1 is 1.18 bits per heavy atom. The van der Waals surface area contributed by atoms with Gasteiger partial charge < -0.3 is 16.2 Å². The normalized spacial score (nSPS) is 9.88. The topological polar surface area (TPSA) is 92.4 Å². The number of hydrogen-bond acceptors (Lipinski definition) is 3. The Hall–Kier alpha value is -2.04. The molecule has 1 aromatic carbocycles. The summed E-state index contributed by atoms with van der Waals surface area (Å²) in [5.74, 6) is -1.19. The van der Waals surface area contributed by atoms with Crippen molar-refractivity contribution >= 4 is 17.6 Å². The number of rotatable bonds is 6. The number of amides is 1. The lowest BCUT2D eigenvalue weighted by atomic mass is 10.1. The zero-order valence-electron chi connectivity index (χ0n) is 9.48. The summed E-state index contributed by atoms with van der Waals surface area (Å²) in [5, 5.41) is 11.1. The molecule has 0 aliphatic carbocycles. The Morgan fingerprint density at radius 3 is 2.41 bits per heavy atom. The van der Waals surface area contributed by atoms with Crippen molar-refractivity contribution < 1.29 is 14.7 Å². The molecule has 0 aliphatic heterocycles. The maximum atomic E-state index is 11.2. The first-order valence-corrected chi connectivity index (χ1v) is 5.41. The van der Waals surface area contributed by atoms with Gasteiger partial charge in [-0.3, -0.25) is 9.59 Å². The molecule has 5 nitrogen and oxygen atoms in total. The first-order chi connectivity index (χ1) is 8.08. The van der Waals surface area contributed by atoms with E-state index in [-0.39, 0.29) is 18.7 Å². The molecule has 0 fully saturated rings. The number of carbonyl (C=O) groups is 2. The van der Waals surface area contributed by atoms with Crippen LogP contribution >= 0.6 is 0 Å². The largest absolute Gasteiger partial charge is 0.481 e. The highest BCUT2D eigenvalue weighted by Gasteiger charge is 2.04. The van der Waals surface area contributed by atoms with Gasteiger partial charge in [-0.2, -0.15) is 0 Å². The number of anilines is 1. The smallest absolute Gasteiger partial charge is 0.303 e. The lowest BCUT2D eigenvalue weighted by Crippen LogP contribution is -2.25. The van der Waals surface area contributed by atoms with E-state index < -0.39 is 5.97 Å². The number of carbonyl (C=O) groups excluding carboxylic acids is 1. The van der Waals surface area contributed by atoms with Gasteiger partial charge in [-0.15, -0.1) is 0 Å². The average Bonchev–Trinajstić information content (AvgIpc) is 2.29. The minimum Gasteiger partial charge on any atom is -0.481 e. The number of carboxylic acid groups (broad SMARTS) is 1. The van der Waals surface area contributed by atoms with Crippen LogP contribution < -0.4 is 11.1 Å². The summed E-state index contributed by atoms with van der Waals surface area (Å²) in [5.41, 5.74) is 7.33. The summed E-state index contributed by atoms with van der Waals surface area (Å²) >= 11 is 0. The zero-order valence-corrected chi connectivity index (χ0v) is 9.48. The second kappa shape index (κ2) is 6.52. The first kappa shape index (κ1) is 13.0. The van der Waals surface area contributed by atoms with Gasteiger partial charge in [0, 0.05) is 18.7 Å². The second-order valence-electron chi connectivity index (χ2n) is 3.74. The van der Waals surface area contributed by atoms with E-state index in [4.69, 9.17) is 10.8 Å². The van der Waals surface area contributed by atoms with Crippen LogP contribution in [0.1, 0.15) is 18.4 Å². The summed E-state index contributed by atoms with van der Waals surface area (Å²) < 4.78 is 0. The first-order valence-electron chi connectivity index (χ1n) is 5.41. The molecule has 0 aliphatic rings. The van der Waals surface area contributed by atoms with Gasteiger partial charge in [0.15, 0.2) is 0 Å². The lowest BCUT2D eigenvalue weighted by molar-refractivity contribution is -0.138. The highest BCUT2D eigenvalue weighted by molar-refractivity contribution is 5.80. The number of benzene rings is 1. The van der Waals surface area contributed by atoms with Gasteiger partial charge in [-0.25, -0.2) is 0 Å². The van der Waals surface area contributed by atoms with Gasteiger partial charge in [0.1, 0.15) is 0 Å². The predicted octanol–water partition coefficient (Wildman–Crippen LogP) is 0.792. The summed E-state index contributed by atoms with van der Waals surface area (Å²) in [6, 6.07) is 7.42. The van der Waals surface area contributed by atoms with Gasteiger partial charge >= 0.3 is 5.97 Å². The molecule has 0 radical (unpaired) electrons. The average molecular weight is 236 g/mol. The van der Waals surface area contributed by atoms with Crippen molar-refractivity contribution in [2.45, 2.75) is 19.3 Å². The number of nitrogen functional groups attached to an aromatic ring is 1. The minimum absolute atomic E-state index is 0.0249. The van der Waals surface area contributed by atoms with Crippen LogP contribution in [-0.2, 0) is 16.0 Å². The third kappa shape index (κ3) is 5.55. The molecule has 1 amide bonds. The van der Waals surface area contributed by atoms with Crippen LogP contribution in [0.2, 0.25) is 0 Å². The van der Waals surface area contributed by atoms with Crippen molar-refractivity contribution in [3.63, 3.8) is 0 Å². The molecule has 1 rings (SSSR count). The van der Waals surface area contributed by atoms with Crippen LogP contribution in [0.25, 0.3) is 0 Å². The zero-order chi connectivity index (χ0) is 12.7. The fraction of sp³-hybridized carbons (Fsp3) is 0.333. The van der Waals surface area contributed by atoms with Crippen molar-refractivity contribution in [1.82, 2.24) is 5.32 Å². The number of aliphatic carboxylic acids is 1. The molecule has 0 saturated heterocycles. The molecule has 1 aromatic rings. The standard InChI is InChI=1S/C12H16N2O3/c13-10-3-1-9(2-4-10)7-8-14-11(15)5-6-12(16)17/h1-4H,5-8,13H2,(H,14,15)(H,16,17). The Kier molecular flexibility index (Phi) is 5.00. The quantitative estimate of drug-likeness (QED) is 0.637. The monoisotopic (exact) mass is 236 g/mol.